The molecule has 1 aliphatic rings. The predicted octanol–water partition coefficient (Wildman–Crippen LogP) is 2.47. The Kier molecular flexibility index (Phi) is 7.72. The smallest absolute Gasteiger partial charge is 0.253 e. The van der Waals surface area contributed by atoms with Gasteiger partial charge in [-0.05, 0) is 37.7 Å². The number of halogens is 3. The molecule has 0 bridgehead atoms. The van der Waals surface area contributed by atoms with E-state index in [9.17, 15) is 4.79 Å². The normalized spacial score (nSPS) is 15.0. The number of alkyl halides is 1. The van der Waals surface area contributed by atoms with Gasteiger partial charge in [-0.15, -0.1) is 0 Å². The van der Waals surface area contributed by atoms with Crippen molar-refractivity contribution < 1.29 is 4.79 Å². The minimum absolute atomic E-state index is 0.0908. The Morgan fingerprint density at radius 3 is 3.14 bits per heavy atom. The van der Waals surface area contributed by atoms with E-state index in [4.69, 9.17) is 11.6 Å². The van der Waals surface area contributed by atoms with Crippen LogP contribution in [0.4, 0.5) is 0 Å². The highest BCUT2D eigenvalue weighted by Crippen LogP contribution is 2.26. The first kappa shape index (κ1) is 18.3. The van der Waals surface area contributed by atoms with Crippen LogP contribution in [0.5, 0.6) is 0 Å². The highest BCUT2D eigenvalue weighted by Gasteiger charge is 2.14. The summed E-state index contributed by atoms with van der Waals surface area (Å²) in [5, 5.41) is 7.08. The number of fused-ring (bicyclic) bond motifs is 1. The summed E-state index contributed by atoms with van der Waals surface area (Å²) in [5.74, 6) is -0.0908. The molecule has 2 rings (SSSR count). The average molecular weight is 546 g/mol. The Labute approximate surface area is 158 Å². The van der Waals surface area contributed by atoms with Crippen LogP contribution in [-0.2, 0) is 4.79 Å². The zero-order valence-corrected chi connectivity index (χ0v) is 17.3. The number of carbonyl (C=O) groups excluding carboxylic acids is 1. The third-order valence-corrected chi connectivity index (χ3v) is 7.00. The SMILES string of the molecule is CCNCCC(I)CNC(=O)C1=c2ncccc2=IC(Cl)=C1. The molecule has 0 saturated heterocycles. The number of aromatic nitrogens is 1. The summed E-state index contributed by atoms with van der Waals surface area (Å²) >= 11 is 8.18. The third kappa shape index (κ3) is 5.24. The monoisotopic (exact) mass is 545 g/mol. The van der Waals surface area contributed by atoms with Crippen LogP contribution in [0.15, 0.2) is 27.4 Å². The van der Waals surface area contributed by atoms with E-state index in [2.05, 4.69) is 45.1 Å². The van der Waals surface area contributed by atoms with Crippen LogP contribution in [0.2, 0.25) is 0 Å². The first-order chi connectivity index (χ1) is 10.6. The zero-order valence-electron chi connectivity index (χ0n) is 12.2. The maximum Gasteiger partial charge on any atom is 0.253 e. The lowest BCUT2D eigenvalue weighted by molar-refractivity contribution is -0.115. The number of nitrogens with zero attached hydrogens (tertiary/aromatic N) is 1. The van der Waals surface area contributed by atoms with Crippen LogP contribution in [0, 0.1) is 3.15 Å². The quantitative estimate of drug-likeness (QED) is 0.315. The molecule has 2 heterocycles. The fourth-order valence-electron chi connectivity index (χ4n) is 1.97. The average Bonchev–Trinajstić information content (AvgIpc) is 2.52. The first-order valence-electron chi connectivity index (χ1n) is 7.09. The van der Waals surface area contributed by atoms with Gasteiger partial charge in [0.05, 0.1) is 14.0 Å². The van der Waals surface area contributed by atoms with Crippen LogP contribution in [-0.4, -0.2) is 34.5 Å². The van der Waals surface area contributed by atoms with E-state index >= 15 is 0 Å². The Balaban J connectivity index is 2.05. The second-order valence-corrected chi connectivity index (χ2v) is 10.4. The second-order valence-electron chi connectivity index (χ2n) is 4.73. The van der Waals surface area contributed by atoms with E-state index in [1.54, 1.807) is 12.3 Å². The zero-order chi connectivity index (χ0) is 15.9. The van der Waals surface area contributed by atoms with E-state index in [1.807, 2.05) is 12.1 Å². The molecule has 0 aromatic carbocycles. The molecule has 1 aromatic rings. The summed E-state index contributed by atoms with van der Waals surface area (Å²) in [4.78, 5) is 16.8. The lowest BCUT2D eigenvalue weighted by atomic mass is 10.2. The highest BCUT2D eigenvalue weighted by molar-refractivity contribution is 14.2. The van der Waals surface area contributed by atoms with Gasteiger partial charge in [0.1, 0.15) is 0 Å². The molecule has 0 aliphatic carbocycles. The van der Waals surface area contributed by atoms with Gasteiger partial charge in [0, 0.05) is 19.8 Å². The van der Waals surface area contributed by atoms with E-state index in [1.165, 1.54) is 0 Å². The van der Waals surface area contributed by atoms with E-state index in [0.29, 0.717) is 16.0 Å². The number of amides is 1. The van der Waals surface area contributed by atoms with Crippen molar-refractivity contribution in [1.82, 2.24) is 15.6 Å². The molecule has 22 heavy (non-hydrogen) atoms. The molecule has 4 nitrogen and oxygen atoms in total. The summed E-state index contributed by atoms with van der Waals surface area (Å²) in [5.41, 5.74) is 0.585. The van der Waals surface area contributed by atoms with Crippen molar-refractivity contribution in [3.8, 4) is 0 Å². The van der Waals surface area contributed by atoms with Crippen LogP contribution in [0.25, 0.3) is 5.57 Å². The molecule has 0 spiro atoms. The Bertz CT molecular complexity index is 690. The number of pyridine rings is 1. The predicted molar refractivity (Wildman–Crippen MR) is 108 cm³/mol. The molecule has 2 N–H and O–H groups in total. The van der Waals surface area contributed by atoms with Crippen molar-refractivity contribution in [1.29, 1.82) is 0 Å². The van der Waals surface area contributed by atoms with Gasteiger partial charge in [-0.3, -0.25) is 9.78 Å². The van der Waals surface area contributed by atoms with Crippen molar-refractivity contribution in [2.24, 2.45) is 0 Å². The van der Waals surface area contributed by atoms with Gasteiger partial charge in [-0.2, -0.15) is 0 Å². The van der Waals surface area contributed by atoms with Crippen LogP contribution < -0.4 is 16.0 Å². The fourth-order valence-corrected chi connectivity index (χ4v) is 5.22. The van der Waals surface area contributed by atoms with Gasteiger partial charge in [0.2, 0.25) is 0 Å². The minimum atomic E-state index is -0.400. The van der Waals surface area contributed by atoms with Gasteiger partial charge in [-0.25, -0.2) is 0 Å². The highest BCUT2D eigenvalue weighted by atomic mass is 127. The molecule has 1 aromatic heterocycles. The third-order valence-electron chi connectivity index (χ3n) is 3.07. The molecule has 1 atom stereocenters. The van der Waals surface area contributed by atoms with Gasteiger partial charge >= 0.3 is 0 Å². The van der Waals surface area contributed by atoms with Gasteiger partial charge in [-0.1, -0.05) is 61.8 Å². The number of hydrogen-bond acceptors (Lipinski definition) is 3. The van der Waals surface area contributed by atoms with E-state index in [0.717, 1.165) is 31.1 Å². The molecule has 1 unspecified atom stereocenters. The molecule has 0 fully saturated rings. The lowest BCUT2D eigenvalue weighted by Crippen LogP contribution is -2.34. The maximum absolute atomic E-state index is 12.4. The number of nitrogens with one attached hydrogen (secondary N) is 2. The number of hydrogen-bond donors (Lipinski definition) is 2. The summed E-state index contributed by atoms with van der Waals surface area (Å²) in [6.07, 6.45) is 4.53. The number of carbonyl (C=O) groups is 1. The van der Waals surface area contributed by atoms with Crippen LogP contribution in [0.1, 0.15) is 13.3 Å². The van der Waals surface area contributed by atoms with Crippen molar-refractivity contribution in [2.45, 2.75) is 17.3 Å². The van der Waals surface area contributed by atoms with E-state index < -0.39 is 20.7 Å². The molecule has 0 radical (unpaired) electrons. The summed E-state index contributed by atoms with van der Waals surface area (Å²) in [7, 11) is 0. The summed E-state index contributed by atoms with van der Waals surface area (Å²) < 4.78 is 2.29. The molecular weight excluding hydrogens is 527 g/mol. The summed E-state index contributed by atoms with van der Waals surface area (Å²) in [6.45, 7) is 4.68. The topological polar surface area (TPSA) is 54.0 Å². The minimum Gasteiger partial charge on any atom is -0.351 e. The standard InChI is InChI=1S/C15H18ClI2N3O/c1-2-19-7-5-10(17)9-21-15(22)11-8-13(16)18-12-4-3-6-20-14(11)12/h3-4,6,8,10,19H,2,5,7,9H2,1H3,(H,21,22). The molecule has 7 heteroatoms. The van der Waals surface area contributed by atoms with E-state index in [-0.39, 0.29) is 5.91 Å². The molecule has 0 saturated carbocycles. The van der Waals surface area contributed by atoms with Crippen LogP contribution in [0.3, 0.4) is 0 Å². The molecule has 1 aliphatic heterocycles. The fraction of sp³-hybridized carbons (Fsp3) is 0.400. The van der Waals surface area contributed by atoms with Gasteiger partial charge < -0.3 is 10.6 Å². The van der Waals surface area contributed by atoms with Gasteiger partial charge in [0.25, 0.3) is 5.91 Å². The van der Waals surface area contributed by atoms with Gasteiger partial charge in [0.15, 0.2) is 0 Å². The van der Waals surface area contributed by atoms with Crippen molar-refractivity contribution in [2.75, 3.05) is 19.6 Å². The largest absolute Gasteiger partial charge is 0.351 e. The number of rotatable bonds is 7. The molecule has 1 amide bonds. The first-order valence-corrected chi connectivity index (χ1v) is 10.9. The van der Waals surface area contributed by atoms with Crippen LogP contribution >= 0.6 is 54.9 Å². The summed E-state index contributed by atoms with van der Waals surface area (Å²) in [6, 6.07) is 3.90. The second kappa shape index (κ2) is 9.29. The lowest BCUT2D eigenvalue weighted by Gasteiger charge is -2.12. The van der Waals surface area contributed by atoms with Crippen molar-refractivity contribution in [3.63, 3.8) is 0 Å². The maximum atomic E-state index is 12.4. The molecule has 120 valence electrons. The Morgan fingerprint density at radius 2 is 2.36 bits per heavy atom. The van der Waals surface area contributed by atoms with Crippen molar-refractivity contribution in [3.05, 3.63) is 35.9 Å². The Morgan fingerprint density at radius 1 is 1.55 bits per heavy atom. The Hall–Kier alpha value is -0.0600. The molecular formula is C15H18ClI2N3O. The van der Waals surface area contributed by atoms with Crippen molar-refractivity contribution >= 4 is 66.4 Å².